The van der Waals surface area contributed by atoms with E-state index in [2.05, 4.69) is 21.2 Å². The predicted octanol–water partition coefficient (Wildman–Crippen LogP) is 5.99. The second kappa shape index (κ2) is 10.1. The first-order valence-electron chi connectivity index (χ1n) is 9.63. The number of methoxy groups -OCH3 is 1. The van der Waals surface area contributed by atoms with Crippen LogP contribution in [0.5, 0.6) is 11.5 Å². The van der Waals surface area contributed by atoms with Gasteiger partial charge in [0.25, 0.3) is 0 Å². The van der Waals surface area contributed by atoms with Gasteiger partial charge >= 0.3 is 0 Å². The van der Waals surface area contributed by atoms with E-state index in [4.69, 9.17) is 9.47 Å². The summed E-state index contributed by atoms with van der Waals surface area (Å²) >= 11 is 3.58. The van der Waals surface area contributed by atoms with E-state index < -0.39 is 0 Å². The van der Waals surface area contributed by atoms with Gasteiger partial charge in [0.1, 0.15) is 12.4 Å². The molecular formula is C22H27BrFNO2. The van der Waals surface area contributed by atoms with E-state index in [9.17, 15) is 4.39 Å². The highest BCUT2D eigenvalue weighted by molar-refractivity contribution is 9.10. The Kier molecular flexibility index (Phi) is 7.53. The van der Waals surface area contributed by atoms with E-state index in [0.29, 0.717) is 23.1 Å². The standard InChI is InChI=1S/C22H27BrFNO2/c1-26-21-13-16(14-25-18-9-4-2-3-5-10-18)12-19(23)22(21)27-15-17-8-6-7-11-20(17)24/h6-8,11-13,18,25H,2-5,9-10,14-15H2,1H3. The fourth-order valence-corrected chi connectivity index (χ4v) is 4.13. The number of nitrogens with one attached hydrogen (secondary N) is 1. The van der Waals surface area contributed by atoms with Gasteiger partial charge in [-0.15, -0.1) is 0 Å². The molecule has 0 amide bonds. The van der Waals surface area contributed by atoms with Crippen molar-refractivity contribution in [3.05, 3.63) is 57.8 Å². The van der Waals surface area contributed by atoms with Crippen LogP contribution in [0.4, 0.5) is 4.39 Å². The molecule has 146 valence electrons. The molecule has 0 bridgehead atoms. The van der Waals surface area contributed by atoms with Crippen molar-refractivity contribution in [2.24, 2.45) is 0 Å². The molecule has 0 unspecified atom stereocenters. The number of halogens is 2. The first-order chi connectivity index (χ1) is 13.2. The average molecular weight is 436 g/mol. The molecule has 1 aliphatic rings. The smallest absolute Gasteiger partial charge is 0.175 e. The van der Waals surface area contributed by atoms with Crippen LogP contribution in [-0.4, -0.2) is 13.2 Å². The van der Waals surface area contributed by atoms with Crippen LogP contribution in [-0.2, 0) is 13.2 Å². The van der Waals surface area contributed by atoms with Crippen molar-refractivity contribution in [1.82, 2.24) is 5.32 Å². The Morgan fingerprint density at radius 1 is 1.11 bits per heavy atom. The van der Waals surface area contributed by atoms with Gasteiger partial charge in [0.15, 0.2) is 11.5 Å². The van der Waals surface area contributed by atoms with Crippen LogP contribution in [0, 0.1) is 5.82 Å². The Hall–Kier alpha value is -1.59. The molecule has 27 heavy (non-hydrogen) atoms. The third kappa shape index (κ3) is 5.69. The number of rotatable bonds is 7. The summed E-state index contributed by atoms with van der Waals surface area (Å²) in [5.74, 6) is 0.981. The summed E-state index contributed by atoms with van der Waals surface area (Å²) in [6, 6.07) is 11.3. The van der Waals surface area contributed by atoms with Crippen molar-refractivity contribution in [1.29, 1.82) is 0 Å². The lowest BCUT2D eigenvalue weighted by Gasteiger charge is -2.18. The Balaban J connectivity index is 1.66. The van der Waals surface area contributed by atoms with Crippen molar-refractivity contribution in [2.45, 2.75) is 57.7 Å². The maximum Gasteiger partial charge on any atom is 0.175 e. The molecule has 0 aromatic heterocycles. The van der Waals surface area contributed by atoms with Crippen LogP contribution in [0.1, 0.15) is 49.7 Å². The summed E-state index contributed by atoms with van der Waals surface area (Å²) < 4.78 is 26.0. The first-order valence-corrected chi connectivity index (χ1v) is 10.4. The van der Waals surface area contributed by atoms with Crippen molar-refractivity contribution in [3.8, 4) is 11.5 Å². The summed E-state index contributed by atoms with van der Waals surface area (Å²) in [5.41, 5.74) is 1.66. The van der Waals surface area contributed by atoms with Crippen LogP contribution in [0.15, 0.2) is 40.9 Å². The highest BCUT2D eigenvalue weighted by atomic mass is 79.9. The maximum absolute atomic E-state index is 13.8. The maximum atomic E-state index is 13.8. The van der Waals surface area contributed by atoms with Gasteiger partial charge in [-0.3, -0.25) is 0 Å². The normalized spacial score (nSPS) is 15.4. The Morgan fingerprint density at radius 2 is 1.85 bits per heavy atom. The molecule has 0 saturated heterocycles. The molecule has 5 heteroatoms. The number of benzene rings is 2. The fraction of sp³-hybridized carbons (Fsp3) is 0.455. The lowest BCUT2D eigenvalue weighted by atomic mass is 10.1. The summed E-state index contributed by atoms with van der Waals surface area (Å²) in [7, 11) is 1.63. The molecule has 3 nitrogen and oxygen atoms in total. The van der Waals surface area contributed by atoms with E-state index >= 15 is 0 Å². The summed E-state index contributed by atoms with van der Waals surface area (Å²) in [5, 5.41) is 3.67. The SMILES string of the molecule is COc1cc(CNC2CCCCCC2)cc(Br)c1OCc1ccccc1F. The van der Waals surface area contributed by atoms with Gasteiger partial charge in [0.2, 0.25) is 0 Å². The zero-order valence-corrected chi connectivity index (χ0v) is 17.4. The van der Waals surface area contributed by atoms with E-state index in [1.54, 1.807) is 25.3 Å². The van der Waals surface area contributed by atoms with Crippen LogP contribution in [0.2, 0.25) is 0 Å². The van der Waals surface area contributed by atoms with Gasteiger partial charge in [0, 0.05) is 18.2 Å². The summed E-state index contributed by atoms with van der Waals surface area (Å²) in [4.78, 5) is 0. The topological polar surface area (TPSA) is 30.5 Å². The molecule has 1 fully saturated rings. The molecule has 2 aromatic carbocycles. The molecule has 2 aromatic rings. The quantitative estimate of drug-likeness (QED) is 0.541. The molecule has 0 radical (unpaired) electrons. The molecule has 0 heterocycles. The Bertz CT molecular complexity index is 745. The summed E-state index contributed by atoms with van der Waals surface area (Å²) in [6.45, 7) is 0.953. The van der Waals surface area contributed by atoms with Gasteiger partial charge in [-0.05, 0) is 52.5 Å². The van der Waals surface area contributed by atoms with Crippen molar-refractivity contribution in [2.75, 3.05) is 7.11 Å². The van der Waals surface area contributed by atoms with Crippen LogP contribution in [0.3, 0.4) is 0 Å². The number of hydrogen-bond acceptors (Lipinski definition) is 3. The van der Waals surface area contributed by atoms with Gasteiger partial charge in [0.05, 0.1) is 11.6 Å². The second-order valence-electron chi connectivity index (χ2n) is 7.06. The molecule has 3 rings (SSSR count). The average Bonchev–Trinajstić information content (AvgIpc) is 2.95. The van der Waals surface area contributed by atoms with E-state index in [0.717, 1.165) is 16.6 Å². The van der Waals surface area contributed by atoms with Gasteiger partial charge in [-0.2, -0.15) is 0 Å². The highest BCUT2D eigenvalue weighted by Crippen LogP contribution is 2.37. The Labute approximate surface area is 169 Å². The third-order valence-electron chi connectivity index (χ3n) is 5.07. The van der Waals surface area contributed by atoms with E-state index in [-0.39, 0.29) is 12.4 Å². The van der Waals surface area contributed by atoms with Gasteiger partial charge in [-0.1, -0.05) is 43.9 Å². The highest BCUT2D eigenvalue weighted by Gasteiger charge is 2.15. The van der Waals surface area contributed by atoms with Crippen molar-refractivity contribution in [3.63, 3.8) is 0 Å². The minimum atomic E-state index is -0.267. The van der Waals surface area contributed by atoms with Crippen LogP contribution < -0.4 is 14.8 Å². The largest absolute Gasteiger partial charge is 0.493 e. The molecular weight excluding hydrogens is 409 g/mol. The van der Waals surface area contributed by atoms with E-state index in [1.165, 1.54) is 44.6 Å². The first kappa shape index (κ1) is 20.2. The molecule has 1 aliphatic carbocycles. The van der Waals surface area contributed by atoms with Crippen LogP contribution in [0.25, 0.3) is 0 Å². The van der Waals surface area contributed by atoms with Gasteiger partial charge in [-0.25, -0.2) is 4.39 Å². The Morgan fingerprint density at radius 3 is 2.56 bits per heavy atom. The number of hydrogen-bond donors (Lipinski definition) is 1. The lowest BCUT2D eigenvalue weighted by Crippen LogP contribution is -2.27. The molecule has 0 aliphatic heterocycles. The zero-order valence-electron chi connectivity index (χ0n) is 15.8. The van der Waals surface area contributed by atoms with Gasteiger partial charge < -0.3 is 14.8 Å². The van der Waals surface area contributed by atoms with Crippen molar-refractivity contribution < 1.29 is 13.9 Å². The minimum absolute atomic E-state index is 0.154. The molecule has 1 N–H and O–H groups in total. The predicted molar refractivity (Wildman–Crippen MR) is 110 cm³/mol. The fourth-order valence-electron chi connectivity index (χ4n) is 3.53. The minimum Gasteiger partial charge on any atom is -0.493 e. The zero-order chi connectivity index (χ0) is 19.1. The molecule has 1 saturated carbocycles. The van der Waals surface area contributed by atoms with Crippen molar-refractivity contribution >= 4 is 15.9 Å². The van der Waals surface area contributed by atoms with Crippen LogP contribution >= 0.6 is 15.9 Å². The summed E-state index contributed by atoms with van der Waals surface area (Å²) in [6.07, 6.45) is 7.84. The monoisotopic (exact) mass is 435 g/mol. The molecule has 0 atom stereocenters. The van der Waals surface area contributed by atoms with E-state index in [1.807, 2.05) is 12.1 Å². The number of ether oxygens (including phenoxy) is 2. The lowest BCUT2D eigenvalue weighted by molar-refractivity contribution is 0.277. The molecule has 0 spiro atoms. The second-order valence-corrected chi connectivity index (χ2v) is 7.91. The third-order valence-corrected chi connectivity index (χ3v) is 5.66.